The molecule has 5 nitrogen and oxygen atoms in total. The van der Waals surface area contributed by atoms with E-state index in [4.69, 9.17) is 16.7 Å². The summed E-state index contributed by atoms with van der Waals surface area (Å²) in [5, 5.41) is 8.34. The molecule has 1 rings (SSSR count). The van der Waals surface area contributed by atoms with E-state index in [-0.39, 0.29) is 6.54 Å². The minimum absolute atomic E-state index is 0.136. The third-order valence-corrected chi connectivity index (χ3v) is 4.66. The number of rotatable bonds is 6. The summed E-state index contributed by atoms with van der Waals surface area (Å²) < 4.78 is 63.5. The summed E-state index contributed by atoms with van der Waals surface area (Å²) in [5.74, 6) is -1.41. The van der Waals surface area contributed by atoms with Gasteiger partial charge in [0.15, 0.2) is 0 Å². The lowest BCUT2D eigenvalue weighted by Crippen LogP contribution is -2.36. The highest BCUT2D eigenvalue weighted by Crippen LogP contribution is 2.33. The Kier molecular flexibility index (Phi) is 5.82. The third kappa shape index (κ3) is 4.59. The second kappa shape index (κ2) is 6.84. The summed E-state index contributed by atoms with van der Waals surface area (Å²) in [7, 11) is -4.40. The van der Waals surface area contributed by atoms with E-state index in [1.807, 2.05) is 0 Å². The molecule has 1 N–H and O–H groups in total. The largest absolute Gasteiger partial charge is 0.480 e. The molecule has 1 aromatic carbocycles. The zero-order valence-electron chi connectivity index (χ0n) is 11.4. The van der Waals surface area contributed by atoms with Crippen LogP contribution < -0.4 is 0 Å². The first-order valence-corrected chi connectivity index (χ1v) is 7.90. The fraction of sp³-hybridized carbons (Fsp3) is 0.417. The number of nitrogens with zero attached hydrogens (tertiary/aromatic N) is 1. The van der Waals surface area contributed by atoms with E-state index < -0.39 is 44.2 Å². The third-order valence-electron chi connectivity index (χ3n) is 2.62. The molecule has 0 atom stereocenters. The summed E-state index contributed by atoms with van der Waals surface area (Å²) in [6.45, 7) is 0.635. The van der Waals surface area contributed by atoms with Crippen LogP contribution >= 0.6 is 11.6 Å². The highest BCUT2D eigenvalue weighted by atomic mass is 35.5. The molecule has 0 aliphatic carbocycles. The molecule has 0 aromatic heterocycles. The summed E-state index contributed by atoms with van der Waals surface area (Å²) in [6.07, 6.45) is -4.46. The molecule has 0 radical (unpaired) electrons. The molecule has 0 fully saturated rings. The number of sulfonamides is 1. The fourth-order valence-electron chi connectivity index (χ4n) is 1.71. The van der Waals surface area contributed by atoms with Gasteiger partial charge in [0.2, 0.25) is 10.0 Å². The van der Waals surface area contributed by atoms with Crippen LogP contribution in [0, 0.1) is 0 Å². The van der Waals surface area contributed by atoms with Crippen molar-refractivity contribution in [1.82, 2.24) is 4.31 Å². The maximum absolute atomic E-state index is 12.7. The zero-order chi connectivity index (χ0) is 17.1. The van der Waals surface area contributed by atoms with Crippen molar-refractivity contribution in [3.05, 3.63) is 28.8 Å². The smallest absolute Gasteiger partial charge is 0.416 e. The number of hydrogen-bond acceptors (Lipinski definition) is 3. The average Bonchev–Trinajstić information content (AvgIpc) is 2.36. The molecule has 22 heavy (non-hydrogen) atoms. The topological polar surface area (TPSA) is 74.7 Å². The van der Waals surface area contributed by atoms with Gasteiger partial charge in [-0.2, -0.15) is 17.5 Å². The second-order valence-electron chi connectivity index (χ2n) is 4.41. The van der Waals surface area contributed by atoms with Crippen molar-refractivity contribution in [3.8, 4) is 0 Å². The van der Waals surface area contributed by atoms with Gasteiger partial charge in [-0.25, -0.2) is 8.42 Å². The Hall–Kier alpha value is -1.32. The van der Waals surface area contributed by atoms with Crippen LogP contribution in [0.1, 0.15) is 18.9 Å². The highest BCUT2D eigenvalue weighted by Gasteiger charge is 2.34. The maximum atomic E-state index is 12.7. The van der Waals surface area contributed by atoms with Crippen molar-refractivity contribution < 1.29 is 31.5 Å². The molecule has 0 spiro atoms. The Bertz CT molecular complexity index is 661. The molecule has 0 aliphatic heterocycles. The molecule has 0 saturated carbocycles. The van der Waals surface area contributed by atoms with Crippen LogP contribution in [0.5, 0.6) is 0 Å². The van der Waals surface area contributed by atoms with Gasteiger partial charge in [-0.1, -0.05) is 18.5 Å². The molecule has 1 aromatic rings. The van der Waals surface area contributed by atoms with Gasteiger partial charge in [0.1, 0.15) is 6.54 Å². The van der Waals surface area contributed by atoms with Gasteiger partial charge < -0.3 is 5.11 Å². The van der Waals surface area contributed by atoms with E-state index in [1.54, 1.807) is 6.92 Å². The lowest BCUT2D eigenvalue weighted by Gasteiger charge is -2.20. The van der Waals surface area contributed by atoms with E-state index in [0.29, 0.717) is 22.9 Å². The molecule has 0 amide bonds. The van der Waals surface area contributed by atoms with Crippen molar-refractivity contribution in [2.75, 3.05) is 13.1 Å². The monoisotopic (exact) mass is 359 g/mol. The molecule has 0 heterocycles. The maximum Gasteiger partial charge on any atom is 0.416 e. The van der Waals surface area contributed by atoms with Crippen LogP contribution in [0.3, 0.4) is 0 Å². The van der Waals surface area contributed by atoms with Gasteiger partial charge in [0.25, 0.3) is 0 Å². The van der Waals surface area contributed by atoms with E-state index >= 15 is 0 Å². The van der Waals surface area contributed by atoms with Gasteiger partial charge in [0.05, 0.1) is 10.5 Å². The quantitative estimate of drug-likeness (QED) is 0.847. The number of benzene rings is 1. The highest BCUT2D eigenvalue weighted by molar-refractivity contribution is 7.89. The molecule has 0 bridgehead atoms. The molecule has 124 valence electrons. The van der Waals surface area contributed by atoms with Gasteiger partial charge in [0, 0.05) is 11.6 Å². The van der Waals surface area contributed by atoms with E-state index in [0.717, 1.165) is 6.07 Å². The van der Waals surface area contributed by atoms with Gasteiger partial charge in [-0.15, -0.1) is 0 Å². The van der Waals surface area contributed by atoms with Gasteiger partial charge in [-0.3, -0.25) is 4.79 Å². The lowest BCUT2D eigenvalue weighted by molar-refractivity contribution is -0.138. The van der Waals surface area contributed by atoms with E-state index in [1.165, 1.54) is 0 Å². The number of hydrogen-bond donors (Lipinski definition) is 1. The molecule has 10 heteroatoms. The van der Waals surface area contributed by atoms with Crippen molar-refractivity contribution in [1.29, 1.82) is 0 Å². The summed E-state index contributed by atoms with van der Waals surface area (Å²) in [6, 6.07) is 1.89. The lowest BCUT2D eigenvalue weighted by atomic mass is 10.2. The Labute approximate surface area is 130 Å². The van der Waals surface area contributed by atoms with Crippen molar-refractivity contribution in [2.45, 2.75) is 24.4 Å². The number of alkyl halides is 3. The second-order valence-corrected chi connectivity index (χ2v) is 6.78. The Balaban J connectivity index is 3.37. The minimum atomic E-state index is -4.77. The number of halogens is 4. The van der Waals surface area contributed by atoms with Crippen molar-refractivity contribution in [2.24, 2.45) is 0 Å². The normalized spacial score (nSPS) is 12.6. The van der Waals surface area contributed by atoms with Crippen molar-refractivity contribution >= 4 is 27.6 Å². The van der Waals surface area contributed by atoms with Crippen LogP contribution in [-0.2, 0) is 21.0 Å². The molecular weight excluding hydrogens is 347 g/mol. The predicted molar refractivity (Wildman–Crippen MR) is 73.1 cm³/mol. The minimum Gasteiger partial charge on any atom is -0.480 e. The predicted octanol–water partition coefficient (Wildman–Crippen LogP) is 2.84. The van der Waals surface area contributed by atoms with Crippen LogP contribution in [0.25, 0.3) is 0 Å². The first-order valence-electron chi connectivity index (χ1n) is 6.08. The summed E-state index contributed by atoms with van der Waals surface area (Å²) >= 11 is 5.55. The van der Waals surface area contributed by atoms with Crippen LogP contribution in [-0.4, -0.2) is 36.9 Å². The summed E-state index contributed by atoms with van der Waals surface area (Å²) in [4.78, 5) is 10.1. The standard InChI is InChI=1S/C12H13ClF3NO4S/c1-2-3-17(7-11(18)19)22(20,21)10-5-8(12(14,15)16)4-9(13)6-10/h4-6H,2-3,7H2,1H3,(H,18,19). The van der Waals surface area contributed by atoms with E-state index in [9.17, 15) is 26.4 Å². The Morgan fingerprint density at radius 3 is 2.36 bits per heavy atom. The summed E-state index contributed by atoms with van der Waals surface area (Å²) in [5.41, 5.74) is -1.22. The Morgan fingerprint density at radius 1 is 1.32 bits per heavy atom. The molecule has 0 aliphatic rings. The molecule has 0 saturated heterocycles. The number of aliphatic carboxylic acids is 1. The van der Waals surface area contributed by atoms with E-state index in [2.05, 4.69) is 0 Å². The molecular formula is C12H13ClF3NO4S. The number of carboxylic acids is 1. The number of carbonyl (C=O) groups is 1. The average molecular weight is 360 g/mol. The number of carboxylic acid groups (broad SMARTS) is 1. The van der Waals surface area contributed by atoms with Crippen LogP contribution in [0.4, 0.5) is 13.2 Å². The van der Waals surface area contributed by atoms with Crippen LogP contribution in [0.2, 0.25) is 5.02 Å². The van der Waals surface area contributed by atoms with Gasteiger partial charge >= 0.3 is 12.1 Å². The van der Waals surface area contributed by atoms with Crippen LogP contribution in [0.15, 0.2) is 23.1 Å². The molecule has 0 unspecified atom stereocenters. The first kappa shape index (κ1) is 18.7. The SMILES string of the molecule is CCCN(CC(=O)O)S(=O)(=O)c1cc(Cl)cc(C(F)(F)F)c1. The fourth-order valence-corrected chi connectivity index (χ4v) is 3.56. The van der Waals surface area contributed by atoms with Crippen molar-refractivity contribution in [3.63, 3.8) is 0 Å². The Morgan fingerprint density at radius 2 is 1.91 bits per heavy atom. The zero-order valence-corrected chi connectivity index (χ0v) is 13.0. The van der Waals surface area contributed by atoms with Gasteiger partial charge in [-0.05, 0) is 24.6 Å². The first-order chi connectivity index (χ1) is 9.98.